The summed E-state index contributed by atoms with van der Waals surface area (Å²) in [7, 11) is 0. The van der Waals surface area contributed by atoms with Gasteiger partial charge in [-0.1, -0.05) is 42.5 Å². The molecule has 43 heavy (non-hydrogen) atoms. The number of ketones is 1. The Labute approximate surface area is 256 Å². The van der Waals surface area contributed by atoms with Gasteiger partial charge in [0.05, 0.1) is 29.3 Å². The molecule has 1 aliphatic heterocycles. The van der Waals surface area contributed by atoms with Crippen molar-refractivity contribution in [3.8, 4) is 11.4 Å². The largest absolute Gasteiger partial charge is 0.372 e. The predicted octanol–water partition coefficient (Wildman–Crippen LogP) is 6.85. The fraction of sp³-hybridized carbons (Fsp3) is 0.265. The second-order valence-electron chi connectivity index (χ2n) is 10.6. The van der Waals surface area contributed by atoms with Gasteiger partial charge in [-0.25, -0.2) is 9.97 Å². The Balaban J connectivity index is 1.34. The van der Waals surface area contributed by atoms with Crippen molar-refractivity contribution in [1.29, 1.82) is 0 Å². The molecule has 1 aromatic heterocycles. The van der Waals surface area contributed by atoms with Gasteiger partial charge < -0.3 is 15.5 Å². The Kier molecular flexibility index (Phi) is 10.2. The van der Waals surface area contributed by atoms with Crippen LogP contribution in [0.15, 0.2) is 85.2 Å². The summed E-state index contributed by atoms with van der Waals surface area (Å²) in [5.41, 5.74) is 4.58. The zero-order valence-electron chi connectivity index (χ0n) is 24.2. The van der Waals surface area contributed by atoms with Crippen LogP contribution in [-0.2, 0) is 10.5 Å². The van der Waals surface area contributed by atoms with Crippen LogP contribution >= 0.6 is 11.8 Å². The van der Waals surface area contributed by atoms with E-state index in [2.05, 4.69) is 25.5 Å². The van der Waals surface area contributed by atoms with Gasteiger partial charge in [-0.15, -0.1) is 0 Å². The van der Waals surface area contributed by atoms with Crippen LogP contribution in [0.4, 0.5) is 17.1 Å². The molecule has 1 saturated heterocycles. The zero-order valence-corrected chi connectivity index (χ0v) is 25.0. The second-order valence-corrected chi connectivity index (χ2v) is 11.7. The van der Waals surface area contributed by atoms with Crippen molar-refractivity contribution in [3.63, 3.8) is 0 Å². The standard InChI is InChI=1S/C34H35N5O3S/c1-24(40)15-18-43-23-25-9-8-12-27(19-25)33(41)38-31-14-13-29(39-16-6-3-7-17-39)20-30(31)34(42)37-28-21-35-32(36-22-28)26-10-4-2-5-11-26/h2,4-5,8-14,19-22H,3,6-7,15-18,23H2,1H3,(H,37,42)(H,38,41). The summed E-state index contributed by atoms with van der Waals surface area (Å²) in [6.07, 6.45) is 7.11. The molecule has 5 rings (SSSR count). The van der Waals surface area contributed by atoms with E-state index in [0.717, 1.165) is 48.5 Å². The fourth-order valence-corrected chi connectivity index (χ4v) is 5.90. The van der Waals surface area contributed by atoms with Crippen molar-refractivity contribution >= 4 is 46.4 Å². The molecule has 2 amide bonds. The van der Waals surface area contributed by atoms with Crippen molar-refractivity contribution in [2.75, 3.05) is 34.4 Å². The van der Waals surface area contributed by atoms with Crippen LogP contribution in [0.25, 0.3) is 11.4 Å². The van der Waals surface area contributed by atoms with E-state index in [0.29, 0.717) is 40.5 Å². The molecule has 0 atom stereocenters. The summed E-state index contributed by atoms with van der Waals surface area (Å²) in [6.45, 7) is 3.45. The molecular formula is C34H35N5O3S. The minimum absolute atomic E-state index is 0.170. The Bertz CT molecular complexity index is 1570. The van der Waals surface area contributed by atoms with Crippen LogP contribution in [0.5, 0.6) is 0 Å². The first-order chi connectivity index (χ1) is 21.0. The quantitative estimate of drug-likeness (QED) is 0.183. The highest BCUT2D eigenvalue weighted by Crippen LogP contribution is 2.28. The average Bonchev–Trinajstić information content (AvgIpc) is 3.04. The van der Waals surface area contributed by atoms with E-state index in [-0.39, 0.29) is 17.6 Å². The number of rotatable bonds is 11. The average molecular weight is 594 g/mol. The third kappa shape index (κ3) is 8.29. The summed E-state index contributed by atoms with van der Waals surface area (Å²) >= 11 is 1.66. The number of aromatic nitrogens is 2. The van der Waals surface area contributed by atoms with Crippen molar-refractivity contribution < 1.29 is 14.4 Å². The van der Waals surface area contributed by atoms with E-state index in [9.17, 15) is 14.4 Å². The van der Waals surface area contributed by atoms with Crippen LogP contribution in [0, 0.1) is 0 Å². The third-order valence-corrected chi connectivity index (χ3v) is 8.25. The predicted molar refractivity (Wildman–Crippen MR) is 174 cm³/mol. The van der Waals surface area contributed by atoms with Crippen molar-refractivity contribution in [2.24, 2.45) is 0 Å². The Morgan fingerprint density at radius 3 is 2.35 bits per heavy atom. The molecule has 3 aromatic carbocycles. The highest BCUT2D eigenvalue weighted by atomic mass is 32.2. The number of nitrogens with one attached hydrogen (secondary N) is 2. The maximum absolute atomic E-state index is 13.6. The van der Waals surface area contributed by atoms with Crippen LogP contribution in [0.2, 0.25) is 0 Å². The Hall–Kier alpha value is -4.50. The van der Waals surface area contributed by atoms with Crippen LogP contribution in [-0.4, -0.2) is 46.4 Å². The van der Waals surface area contributed by atoms with Crippen molar-refractivity contribution in [3.05, 3.63) is 102 Å². The molecule has 0 unspecified atom stereocenters. The number of Topliss-reactive ketones (excluding diaryl/α,β-unsaturated/α-hetero) is 1. The number of hydrogen-bond donors (Lipinski definition) is 2. The Morgan fingerprint density at radius 2 is 1.60 bits per heavy atom. The van der Waals surface area contributed by atoms with Gasteiger partial charge in [-0.3, -0.25) is 14.4 Å². The molecule has 220 valence electrons. The first-order valence-electron chi connectivity index (χ1n) is 14.5. The molecular weight excluding hydrogens is 558 g/mol. The minimum Gasteiger partial charge on any atom is -0.372 e. The molecule has 8 nitrogen and oxygen atoms in total. The van der Waals surface area contributed by atoms with Gasteiger partial charge in [0, 0.05) is 47.8 Å². The molecule has 2 N–H and O–H groups in total. The molecule has 0 bridgehead atoms. The third-order valence-electron chi connectivity index (χ3n) is 7.22. The van der Waals surface area contributed by atoms with Crippen molar-refractivity contribution in [2.45, 2.75) is 38.4 Å². The molecule has 1 aliphatic rings. The molecule has 0 spiro atoms. The number of anilines is 3. The molecule has 2 heterocycles. The van der Waals surface area contributed by atoms with E-state index in [4.69, 9.17) is 0 Å². The monoisotopic (exact) mass is 593 g/mol. The van der Waals surface area contributed by atoms with Gasteiger partial charge in [-0.05, 0) is 62.1 Å². The smallest absolute Gasteiger partial charge is 0.257 e. The number of carbonyl (C=O) groups excluding carboxylic acids is 3. The Morgan fingerprint density at radius 1 is 0.837 bits per heavy atom. The SMILES string of the molecule is CC(=O)CCSCc1cccc(C(=O)Nc2ccc(N3CCCCC3)cc2C(=O)Nc2cnc(-c3ccccc3)nc2)c1. The molecule has 4 aromatic rings. The first kappa shape index (κ1) is 30.0. The number of carbonyl (C=O) groups is 3. The second kappa shape index (κ2) is 14.6. The summed E-state index contributed by atoms with van der Waals surface area (Å²) in [5, 5.41) is 5.87. The van der Waals surface area contributed by atoms with Gasteiger partial charge in [-0.2, -0.15) is 11.8 Å². The summed E-state index contributed by atoms with van der Waals surface area (Å²) < 4.78 is 0. The summed E-state index contributed by atoms with van der Waals surface area (Å²) in [4.78, 5) is 49.3. The number of hydrogen-bond acceptors (Lipinski definition) is 7. The van der Waals surface area contributed by atoms with Crippen LogP contribution in [0.3, 0.4) is 0 Å². The number of nitrogens with zero attached hydrogens (tertiary/aromatic N) is 3. The lowest BCUT2D eigenvalue weighted by molar-refractivity contribution is -0.116. The minimum atomic E-state index is -0.360. The highest BCUT2D eigenvalue weighted by molar-refractivity contribution is 7.98. The highest BCUT2D eigenvalue weighted by Gasteiger charge is 2.19. The number of benzene rings is 3. The summed E-state index contributed by atoms with van der Waals surface area (Å²) in [5.74, 6) is 1.53. The number of amides is 2. The van der Waals surface area contributed by atoms with Crippen molar-refractivity contribution in [1.82, 2.24) is 9.97 Å². The lowest BCUT2D eigenvalue weighted by Crippen LogP contribution is -2.29. The van der Waals surface area contributed by atoms with E-state index in [1.807, 2.05) is 60.7 Å². The molecule has 0 aliphatic carbocycles. The van der Waals surface area contributed by atoms with E-state index >= 15 is 0 Å². The fourth-order valence-electron chi connectivity index (χ4n) is 4.91. The van der Waals surface area contributed by atoms with Gasteiger partial charge in [0.25, 0.3) is 11.8 Å². The zero-order chi connectivity index (χ0) is 30.0. The van der Waals surface area contributed by atoms with Crippen LogP contribution < -0.4 is 15.5 Å². The van der Waals surface area contributed by atoms with Gasteiger partial charge in [0.1, 0.15) is 5.78 Å². The maximum atomic E-state index is 13.6. The van der Waals surface area contributed by atoms with E-state index in [1.54, 1.807) is 43.2 Å². The topological polar surface area (TPSA) is 104 Å². The van der Waals surface area contributed by atoms with Gasteiger partial charge >= 0.3 is 0 Å². The number of piperidine rings is 1. The molecule has 0 radical (unpaired) electrons. The van der Waals surface area contributed by atoms with E-state index < -0.39 is 0 Å². The normalized spacial score (nSPS) is 12.9. The van der Waals surface area contributed by atoms with E-state index in [1.165, 1.54) is 6.42 Å². The number of thioether (sulfide) groups is 1. The maximum Gasteiger partial charge on any atom is 0.257 e. The van der Waals surface area contributed by atoms with Gasteiger partial charge in [0.15, 0.2) is 5.82 Å². The first-order valence-corrected chi connectivity index (χ1v) is 15.7. The molecule has 0 saturated carbocycles. The molecule has 9 heteroatoms. The van der Waals surface area contributed by atoms with Crippen LogP contribution in [0.1, 0.15) is 58.9 Å². The lowest BCUT2D eigenvalue weighted by Gasteiger charge is -2.29. The van der Waals surface area contributed by atoms with Gasteiger partial charge in [0.2, 0.25) is 0 Å². The molecule has 1 fully saturated rings. The lowest BCUT2D eigenvalue weighted by atomic mass is 10.1. The summed E-state index contributed by atoms with van der Waals surface area (Å²) in [6, 6.07) is 22.7.